The molecule has 0 radical (unpaired) electrons. The molecular formula is C22H23N3O3S. The Morgan fingerprint density at radius 3 is 2.59 bits per heavy atom. The Balaban J connectivity index is 1.54. The summed E-state index contributed by atoms with van der Waals surface area (Å²) in [5.74, 6) is 1.04. The molecule has 2 amide bonds. The maximum atomic E-state index is 12.3. The van der Waals surface area contributed by atoms with Gasteiger partial charge in [-0.15, -0.1) is 11.3 Å². The highest BCUT2D eigenvalue weighted by molar-refractivity contribution is 7.14. The topological polar surface area (TPSA) is 80.3 Å². The summed E-state index contributed by atoms with van der Waals surface area (Å²) >= 11 is 1.36. The standard InChI is InChI=1S/C22H23N3O3S/c1-14-4-5-15(2)19(10-14)28-21-9-6-17(11-24-21)12-25-22(27)20-8-7-18(29-20)13-23-16(3)26/h4-11H,12-13H2,1-3H3,(H,23,26)(H,25,27). The summed E-state index contributed by atoms with van der Waals surface area (Å²) in [6.07, 6.45) is 1.69. The molecule has 0 fully saturated rings. The van der Waals surface area contributed by atoms with Gasteiger partial charge in [0.05, 0.1) is 11.4 Å². The number of pyridine rings is 1. The van der Waals surface area contributed by atoms with Crippen LogP contribution in [0.5, 0.6) is 11.6 Å². The van der Waals surface area contributed by atoms with Crippen molar-refractivity contribution >= 4 is 23.2 Å². The Labute approximate surface area is 173 Å². The maximum Gasteiger partial charge on any atom is 0.261 e. The number of carbonyl (C=O) groups excluding carboxylic acids is 2. The summed E-state index contributed by atoms with van der Waals surface area (Å²) in [5, 5.41) is 5.60. The molecule has 1 aromatic carbocycles. The summed E-state index contributed by atoms with van der Waals surface area (Å²) in [6, 6.07) is 13.3. The first-order valence-corrected chi connectivity index (χ1v) is 10.0. The number of hydrogen-bond acceptors (Lipinski definition) is 5. The highest BCUT2D eigenvalue weighted by Gasteiger charge is 2.10. The number of ether oxygens (including phenoxy) is 1. The van der Waals surface area contributed by atoms with Crippen LogP contribution in [0.4, 0.5) is 0 Å². The number of rotatable bonds is 7. The van der Waals surface area contributed by atoms with Gasteiger partial charge in [-0.3, -0.25) is 9.59 Å². The van der Waals surface area contributed by atoms with Crippen molar-refractivity contribution in [3.8, 4) is 11.6 Å². The molecule has 0 aliphatic heterocycles. The zero-order valence-corrected chi connectivity index (χ0v) is 17.4. The minimum Gasteiger partial charge on any atom is -0.439 e. The fourth-order valence-corrected chi connectivity index (χ4v) is 3.45. The Morgan fingerprint density at radius 1 is 1.03 bits per heavy atom. The van der Waals surface area contributed by atoms with Gasteiger partial charge >= 0.3 is 0 Å². The Bertz CT molecular complexity index is 1010. The van der Waals surface area contributed by atoms with Crippen LogP contribution in [0.3, 0.4) is 0 Å². The Morgan fingerprint density at radius 2 is 1.86 bits per heavy atom. The first-order chi connectivity index (χ1) is 13.9. The third-order valence-corrected chi connectivity index (χ3v) is 5.29. The summed E-state index contributed by atoms with van der Waals surface area (Å²) < 4.78 is 5.86. The second kappa shape index (κ2) is 9.34. The summed E-state index contributed by atoms with van der Waals surface area (Å²) in [5.41, 5.74) is 3.04. The van der Waals surface area contributed by atoms with Gasteiger partial charge in [0.2, 0.25) is 11.8 Å². The van der Waals surface area contributed by atoms with Crippen molar-refractivity contribution in [2.75, 3.05) is 0 Å². The maximum absolute atomic E-state index is 12.3. The van der Waals surface area contributed by atoms with Crippen LogP contribution in [-0.2, 0) is 17.9 Å². The highest BCUT2D eigenvalue weighted by atomic mass is 32.1. The predicted octanol–water partition coefficient (Wildman–Crippen LogP) is 4.12. The number of nitrogens with one attached hydrogen (secondary N) is 2. The van der Waals surface area contributed by atoms with Gasteiger partial charge in [-0.05, 0) is 48.7 Å². The van der Waals surface area contributed by atoms with Crippen molar-refractivity contribution in [3.63, 3.8) is 0 Å². The molecule has 0 unspecified atom stereocenters. The normalized spacial score (nSPS) is 10.4. The lowest BCUT2D eigenvalue weighted by molar-refractivity contribution is -0.119. The lowest BCUT2D eigenvalue weighted by atomic mass is 10.1. The van der Waals surface area contributed by atoms with E-state index in [-0.39, 0.29) is 11.8 Å². The number of amides is 2. The molecule has 2 N–H and O–H groups in total. The second-order valence-corrected chi connectivity index (χ2v) is 7.90. The van der Waals surface area contributed by atoms with Crippen LogP contribution in [-0.4, -0.2) is 16.8 Å². The molecule has 29 heavy (non-hydrogen) atoms. The minimum absolute atomic E-state index is 0.0955. The predicted molar refractivity (Wildman–Crippen MR) is 113 cm³/mol. The molecule has 0 aliphatic rings. The average molecular weight is 410 g/mol. The largest absolute Gasteiger partial charge is 0.439 e. The van der Waals surface area contributed by atoms with Crippen LogP contribution in [0.15, 0.2) is 48.7 Å². The fourth-order valence-electron chi connectivity index (χ4n) is 2.58. The molecule has 0 aliphatic carbocycles. The fraction of sp³-hybridized carbons (Fsp3) is 0.227. The highest BCUT2D eigenvalue weighted by Crippen LogP contribution is 2.24. The summed E-state index contributed by atoms with van der Waals surface area (Å²) in [6.45, 7) is 6.27. The van der Waals surface area contributed by atoms with Crippen molar-refractivity contribution in [1.82, 2.24) is 15.6 Å². The molecule has 6 nitrogen and oxygen atoms in total. The van der Waals surface area contributed by atoms with Crippen LogP contribution in [0, 0.1) is 13.8 Å². The number of carbonyl (C=O) groups is 2. The molecule has 3 aromatic rings. The molecule has 0 atom stereocenters. The van der Waals surface area contributed by atoms with E-state index in [2.05, 4.69) is 15.6 Å². The van der Waals surface area contributed by atoms with E-state index in [1.807, 2.05) is 44.2 Å². The molecular weight excluding hydrogens is 386 g/mol. The lowest BCUT2D eigenvalue weighted by Gasteiger charge is -2.09. The van der Waals surface area contributed by atoms with Gasteiger partial charge in [-0.25, -0.2) is 4.98 Å². The molecule has 0 saturated heterocycles. The summed E-state index contributed by atoms with van der Waals surface area (Å²) in [7, 11) is 0. The summed E-state index contributed by atoms with van der Waals surface area (Å²) in [4.78, 5) is 29.2. The number of nitrogens with zero attached hydrogens (tertiary/aromatic N) is 1. The smallest absolute Gasteiger partial charge is 0.261 e. The van der Waals surface area contributed by atoms with Gasteiger partial charge in [0.25, 0.3) is 5.91 Å². The van der Waals surface area contributed by atoms with E-state index in [4.69, 9.17) is 4.74 Å². The number of hydrogen-bond donors (Lipinski definition) is 2. The van der Waals surface area contributed by atoms with Crippen molar-refractivity contribution in [1.29, 1.82) is 0 Å². The third kappa shape index (κ3) is 5.89. The minimum atomic E-state index is -0.153. The van der Waals surface area contributed by atoms with E-state index in [9.17, 15) is 9.59 Å². The Kier molecular flexibility index (Phi) is 6.61. The number of aromatic nitrogens is 1. The van der Waals surface area contributed by atoms with Crippen LogP contribution in [0.2, 0.25) is 0 Å². The van der Waals surface area contributed by atoms with Gasteiger partial charge in [-0.1, -0.05) is 18.2 Å². The first kappa shape index (κ1) is 20.5. The van der Waals surface area contributed by atoms with E-state index in [1.54, 1.807) is 18.3 Å². The molecule has 3 rings (SSSR count). The van der Waals surface area contributed by atoms with Gasteiger partial charge in [0.15, 0.2) is 0 Å². The van der Waals surface area contributed by atoms with Crippen molar-refractivity contribution in [2.45, 2.75) is 33.9 Å². The zero-order chi connectivity index (χ0) is 20.8. The molecule has 2 aromatic heterocycles. The van der Waals surface area contributed by atoms with E-state index in [0.29, 0.717) is 23.8 Å². The SMILES string of the molecule is CC(=O)NCc1ccc(C(=O)NCc2ccc(Oc3cc(C)ccc3C)nc2)s1. The number of aryl methyl sites for hydroxylation is 2. The molecule has 0 spiro atoms. The molecule has 0 saturated carbocycles. The first-order valence-electron chi connectivity index (χ1n) is 9.22. The van der Waals surface area contributed by atoms with Crippen LogP contribution in [0.1, 0.15) is 38.2 Å². The van der Waals surface area contributed by atoms with Crippen LogP contribution in [0.25, 0.3) is 0 Å². The molecule has 7 heteroatoms. The van der Waals surface area contributed by atoms with Crippen LogP contribution < -0.4 is 15.4 Å². The van der Waals surface area contributed by atoms with Gasteiger partial charge < -0.3 is 15.4 Å². The van der Waals surface area contributed by atoms with E-state index < -0.39 is 0 Å². The van der Waals surface area contributed by atoms with Gasteiger partial charge in [0, 0.05) is 30.6 Å². The van der Waals surface area contributed by atoms with Crippen LogP contribution >= 0.6 is 11.3 Å². The number of thiophene rings is 1. The molecule has 2 heterocycles. The zero-order valence-electron chi connectivity index (χ0n) is 16.6. The Hall–Kier alpha value is -3.19. The van der Waals surface area contributed by atoms with Gasteiger partial charge in [-0.2, -0.15) is 0 Å². The van der Waals surface area contributed by atoms with Crippen molar-refractivity contribution in [3.05, 3.63) is 75.1 Å². The van der Waals surface area contributed by atoms with E-state index in [0.717, 1.165) is 27.3 Å². The second-order valence-electron chi connectivity index (χ2n) is 6.73. The molecule has 0 bridgehead atoms. The van der Waals surface area contributed by atoms with E-state index >= 15 is 0 Å². The number of benzene rings is 1. The molecule has 150 valence electrons. The van der Waals surface area contributed by atoms with Crippen molar-refractivity contribution in [2.24, 2.45) is 0 Å². The van der Waals surface area contributed by atoms with Crippen molar-refractivity contribution < 1.29 is 14.3 Å². The lowest BCUT2D eigenvalue weighted by Crippen LogP contribution is -2.21. The monoisotopic (exact) mass is 409 g/mol. The average Bonchev–Trinajstić information content (AvgIpc) is 3.17. The van der Waals surface area contributed by atoms with E-state index in [1.165, 1.54) is 18.3 Å². The quantitative estimate of drug-likeness (QED) is 0.615. The van der Waals surface area contributed by atoms with Gasteiger partial charge in [0.1, 0.15) is 5.75 Å². The third-order valence-electron chi connectivity index (χ3n) is 4.21.